The molecule has 0 heterocycles. The Hall–Kier alpha value is 1.34. The molecular formula is C14H33Cl2NSi2Zr-4. The van der Waals surface area contributed by atoms with E-state index in [1.165, 1.54) is 0 Å². The normalized spacial score (nSPS) is 11.4. The van der Waals surface area contributed by atoms with E-state index in [0.29, 0.717) is 0 Å². The molecule has 0 aromatic heterocycles. The quantitative estimate of drug-likeness (QED) is 0.400. The predicted molar refractivity (Wildman–Crippen MR) is 104 cm³/mol. The van der Waals surface area contributed by atoms with E-state index in [2.05, 4.69) is 37.9 Å². The Morgan fingerprint density at radius 2 is 1.45 bits per heavy atom. The van der Waals surface area contributed by atoms with Crippen molar-refractivity contribution in [2.75, 3.05) is 0 Å². The second kappa shape index (κ2) is 18.4. The van der Waals surface area contributed by atoms with Crippen LogP contribution in [0.5, 0.6) is 0 Å². The van der Waals surface area contributed by atoms with Crippen LogP contribution in [0.2, 0.25) is 19.6 Å². The number of hydrogen-bond acceptors (Lipinski definition) is 0. The SMILES string of the molecule is CC(C)(C)[NH-].C[Si](C)(C)C1=CC[C-]=C1.Cl.Cl.[CH3-].[CH3-].[SiH2]=[Zr]. The van der Waals surface area contributed by atoms with Crippen LogP contribution in [0.4, 0.5) is 0 Å². The third-order valence-electron chi connectivity index (χ3n) is 1.56. The molecule has 0 spiro atoms. The van der Waals surface area contributed by atoms with Gasteiger partial charge < -0.3 is 20.6 Å². The van der Waals surface area contributed by atoms with Gasteiger partial charge in [-0.2, -0.15) is 6.08 Å². The molecule has 6 heteroatoms. The van der Waals surface area contributed by atoms with Crippen molar-refractivity contribution in [3.8, 4) is 0 Å². The van der Waals surface area contributed by atoms with E-state index in [1.54, 1.807) is 28.5 Å². The number of hydrogen-bond donors (Lipinski definition) is 0. The summed E-state index contributed by atoms with van der Waals surface area (Å²) >= 11 is 1.58. The van der Waals surface area contributed by atoms with Crippen molar-refractivity contribution in [2.24, 2.45) is 0 Å². The molecule has 124 valence electrons. The van der Waals surface area contributed by atoms with Gasteiger partial charge in [0.05, 0.1) is 0 Å². The van der Waals surface area contributed by atoms with Crippen LogP contribution < -0.4 is 0 Å². The van der Waals surface area contributed by atoms with Gasteiger partial charge in [0.2, 0.25) is 0 Å². The standard InChI is InChI=1S/C8H13Si.C4H10N.2CH3.2ClH.H2Si.Zr/c1-9(2,3)8-6-4-5-7-8;1-4(2,3)5;;;;;;/h6-7H,4H2,1-3H3;5H,1-3H3;2*1H3;2*1H;1H2;/q4*-1;;;;. The fraction of sp³-hybridized carbons (Fsp3) is 0.571. The van der Waals surface area contributed by atoms with Crippen LogP contribution in [0.25, 0.3) is 5.73 Å². The zero-order valence-electron chi connectivity index (χ0n) is 14.4. The minimum atomic E-state index is -0.981. The molecular weight excluding hydrogens is 400 g/mol. The second-order valence-electron chi connectivity index (χ2n) is 5.71. The molecule has 0 radical (unpaired) electrons. The Morgan fingerprint density at radius 1 is 1.15 bits per heavy atom. The van der Waals surface area contributed by atoms with Gasteiger partial charge in [-0.15, -0.1) is 36.8 Å². The average Bonchev–Trinajstić information content (AvgIpc) is 2.55. The monoisotopic (exact) mass is 431 g/mol. The van der Waals surface area contributed by atoms with Crippen LogP contribution in [0, 0.1) is 20.9 Å². The molecule has 0 fully saturated rings. The molecule has 1 nitrogen and oxygen atoms in total. The molecule has 1 aliphatic rings. The summed E-state index contributed by atoms with van der Waals surface area (Å²) in [6.45, 7) is 14.6. The van der Waals surface area contributed by atoms with Gasteiger partial charge in [-0.25, -0.2) is 11.3 Å². The van der Waals surface area contributed by atoms with Crippen molar-refractivity contribution >= 4 is 39.8 Å². The van der Waals surface area contributed by atoms with E-state index in [-0.39, 0.29) is 45.2 Å². The molecule has 0 atom stereocenters. The first kappa shape index (κ1) is 37.5. The summed E-state index contributed by atoms with van der Waals surface area (Å²) in [7, 11) is -0.981. The summed E-state index contributed by atoms with van der Waals surface area (Å²) in [5.41, 5.74) is 6.69. The third-order valence-corrected chi connectivity index (χ3v) is 3.64. The molecule has 0 saturated carbocycles. The maximum absolute atomic E-state index is 6.94. The molecule has 0 aliphatic heterocycles. The minimum absolute atomic E-state index is 0. The number of nitrogens with one attached hydrogen (secondary N) is 1. The Kier molecular flexibility index (Phi) is 34.5. The summed E-state index contributed by atoms with van der Waals surface area (Å²) in [4.78, 5) is 0. The van der Waals surface area contributed by atoms with Gasteiger partial charge in [-0.1, -0.05) is 40.4 Å². The van der Waals surface area contributed by atoms with Crippen LogP contribution in [-0.4, -0.2) is 20.5 Å². The van der Waals surface area contributed by atoms with E-state index in [4.69, 9.17) is 5.73 Å². The number of rotatable bonds is 1. The Labute approximate surface area is 158 Å². The summed E-state index contributed by atoms with van der Waals surface area (Å²) in [5, 5.41) is 1.56. The molecule has 1 N–H and O–H groups in total. The predicted octanol–water partition coefficient (Wildman–Crippen LogP) is 5.22. The van der Waals surface area contributed by atoms with Crippen molar-refractivity contribution in [1.82, 2.24) is 0 Å². The van der Waals surface area contributed by atoms with E-state index in [0.717, 1.165) is 6.42 Å². The van der Waals surface area contributed by atoms with Crippen LogP contribution >= 0.6 is 24.8 Å². The van der Waals surface area contributed by atoms with E-state index < -0.39 is 8.07 Å². The zero-order valence-corrected chi connectivity index (χ0v) is 20.9. The van der Waals surface area contributed by atoms with Crippen LogP contribution in [-0.2, 0) is 23.3 Å². The number of halogens is 2. The summed E-state index contributed by atoms with van der Waals surface area (Å²) in [6.07, 6.45) is 8.69. The zero-order chi connectivity index (χ0) is 13.4. The van der Waals surface area contributed by atoms with Crippen molar-refractivity contribution in [3.05, 3.63) is 44.0 Å². The van der Waals surface area contributed by atoms with Crippen LogP contribution in [0.3, 0.4) is 0 Å². The summed E-state index contributed by atoms with van der Waals surface area (Å²) in [5.74, 6) is 0. The molecule has 0 amide bonds. The van der Waals surface area contributed by atoms with Gasteiger partial charge >= 0.3 is 30.2 Å². The van der Waals surface area contributed by atoms with Crippen LogP contribution in [0.15, 0.2) is 17.3 Å². The fourth-order valence-electron chi connectivity index (χ4n) is 0.919. The molecule has 1 aliphatic carbocycles. The van der Waals surface area contributed by atoms with Gasteiger partial charge in [0, 0.05) is 0 Å². The van der Waals surface area contributed by atoms with E-state index >= 15 is 0 Å². The van der Waals surface area contributed by atoms with Crippen molar-refractivity contribution in [1.29, 1.82) is 0 Å². The van der Waals surface area contributed by atoms with Crippen molar-refractivity contribution in [3.63, 3.8) is 0 Å². The van der Waals surface area contributed by atoms with Gasteiger partial charge in [0.1, 0.15) is 0 Å². The number of allylic oxidation sites excluding steroid dienone is 4. The molecule has 1 rings (SSSR count). The van der Waals surface area contributed by atoms with E-state index in [9.17, 15) is 0 Å². The second-order valence-corrected chi connectivity index (χ2v) is 10.8. The maximum atomic E-state index is 6.94. The van der Waals surface area contributed by atoms with Gasteiger partial charge in [-0.3, -0.25) is 6.08 Å². The average molecular weight is 434 g/mol. The Balaban J connectivity index is -0.0000000399. The first-order valence-electron chi connectivity index (χ1n) is 5.48. The fourth-order valence-corrected chi connectivity index (χ4v) is 2.17. The molecule has 0 bridgehead atoms. The van der Waals surface area contributed by atoms with Crippen molar-refractivity contribution in [2.45, 2.75) is 52.4 Å². The third kappa shape index (κ3) is 31.6. The molecule has 0 aromatic rings. The molecule has 0 saturated heterocycles. The van der Waals surface area contributed by atoms with Gasteiger partial charge in [-0.05, 0) is 8.07 Å². The van der Waals surface area contributed by atoms with E-state index in [1.807, 2.05) is 27.7 Å². The molecule has 0 aromatic carbocycles. The van der Waals surface area contributed by atoms with Gasteiger partial charge in [0.25, 0.3) is 0 Å². The van der Waals surface area contributed by atoms with Gasteiger partial charge in [0.15, 0.2) is 0 Å². The van der Waals surface area contributed by atoms with Crippen molar-refractivity contribution < 1.29 is 23.3 Å². The first-order chi connectivity index (χ1) is 7.11. The molecule has 0 unspecified atom stereocenters. The molecule has 20 heavy (non-hydrogen) atoms. The van der Waals surface area contributed by atoms with Crippen LogP contribution in [0.1, 0.15) is 27.2 Å². The summed E-state index contributed by atoms with van der Waals surface area (Å²) < 4.78 is 0. The topological polar surface area (TPSA) is 23.8 Å². The summed E-state index contributed by atoms with van der Waals surface area (Å²) in [6, 6.07) is 0. The Morgan fingerprint density at radius 3 is 1.55 bits per heavy atom. The Bertz CT molecular complexity index is 251. The first-order valence-corrected chi connectivity index (χ1v) is 14.9.